The van der Waals surface area contributed by atoms with Crippen LogP contribution in [0.2, 0.25) is 0 Å². The lowest BCUT2D eigenvalue weighted by Gasteiger charge is -2.39. The van der Waals surface area contributed by atoms with Gasteiger partial charge in [-0.1, -0.05) is 42.8 Å². The van der Waals surface area contributed by atoms with Gasteiger partial charge >= 0.3 is 0 Å². The molecule has 0 spiro atoms. The zero-order valence-corrected chi connectivity index (χ0v) is 14.0. The van der Waals surface area contributed by atoms with Crippen LogP contribution < -0.4 is 5.32 Å². The maximum atomic E-state index is 13.0. The van der Waals surface area contributed by atoms with Crippen molar-refractivity contribution in [1.29, 1.82) is 0 Å². The first kappa shape index (κ1) is 14.7. The molecule has 0 saturated heterocycles. The molecular formula is C16H19BrN2O2. The second-order valence-electron chi connectivity index (χ2n) is 6.82. The Morgan fingerprint density at radius 2 is 2.05 bits per heavy atom. The number of carbonyl (C=O) groups is 2. The minimum absolute atomic E-state index is 0.109. The number of alkyl halides is 1. The molecular weight excluding hydrogens is 332 g/mol. The summed E-state index contributed by atoms with van der Waals surface area (Å²) >= 11 is 3.51. The molecule has 0 aromatic carbocycles. The maximum absolute atomic E-state index is 13.0. The lowest BCUT2D eigenvalue weighted by Crippen LogP contribution is -2.48. The van der Waals surface area contributed by atoms with Crippen molar-refractivity contribution in [2.45, 2.75) is 38.4 Å². The average molecular weight is 351 g/mol. The minimum atomic E-state index is -0.712. The van der Waals surface area contributed by atoms with E-state index in [0.29, 0.717) is 5.82 Å². The zero-order chi connectivity index (χ0) is 15.5. The molecule has 2 bridgehead atoms. The van der Waals surface area contributed by atoms with Crippen molar-refractivity contribution >= 4 is 33.4 Å². The van der Waals surface area contributed by atoms with Crippen LogP contribution in [0.25, 0.3) is 0 Å². The number of halogens is 1. The van der Waals surface area contributed by atoms with Crippen LogP contribution in [0.1, 0.15) is 33.6 Å². The lowest BCUT2D eigenvalue weighted by molar-refractivity contribution is -0.130. The van der Waals surface area contributed by atoms with Crippen LogP contribution in [-0.4, -0.2) is 21.5 Å². The van der Waals surface area contributed by atoms with Gasteiger partial charge in [0.1, 0.15) is 5.82 Å². The third-order valence-electron chi connectivity index (χ3n) is 6.03. The molecule has 1 aromatic heterocycles. The van der Waals surface area contributed by atoms with Gasteiger partial charge in [-0.05, 0) is 30.4 Å². The molecule has 1 amide bonds. The van der Waals surface area contributed by atoms with Gasteiger partial charge in [-0.2, -0.15) is 0 Å². The topological polar surface area (TPSA) is 59.1 Å². The van der Waals surface area contributed by atoms with Gasteiger partial charge in [0.15, 0.2) is 5.78 Å². The third-order valence-corrected chi connectivity index (χ3v) is 7.23. The highest BCUT2D eigenvalue weighted by Crippen LogP contribution is 2.72. The minimum Gasteiger partial charge on any atom is -0.310 e. The first-order valence-corrected chi connectivity index (χ1v) is 8.10. The molecule has 112 valence electrons. The number of hydrogen-bond donors (Lipinski definition) is 1. The van der Waals surface area contributed by atoms with Crippen LogP contribution in [0.3, 0.4) is 0 Å². The van der Waals surface area contributed by atoms with E-state index in [-0.39, 0.29) is 17.1 Å². The monoisotopic (exact) mass is 350 g/mol. The first-order chi connectivity index (χ1) is 9.77. The Bertz CT molecular complexity index is 616. The maximum Gasteiger partial charge on any atom is 0.233 e. The average Bonchev–Trinajstić information content (AvgIpc) is 2.72. The van der Waals surface area contributed by atoms with Crippen LogP contribution in [0, 0.1) is 16.2 Å². The van der Waals surface area contributed by atoms with Gasteiger partial charge < -0.3 is 5.32 Å². The van der Waals surface area contributed by atoms with Gasteiger partial charge in [0.25, 0.3) is 0 Å². The number of rotatable bonds is 2. The van der Waals surface area contributed by atoms with Crippen molar-refractivity contribution in [3.8, 4) is 0 Å². The fourth-order valence-electron chi connectivity index (χ4n) is 4.12. The Kier molecular flexibility index (Phi) is 3.07. The number of anilines is 1. The van der Waals surface area contributed by atoms with Crippen LogP contribution in [0.15, 0.2) is 24.4 Å². The summed E-state index contributed by atoms with van der Waals surface area (Å²) in [5.41, 5.74) is -1.54. The summed E-state index contributed by atoms with van der Waals surface area (Å²) in [6.45, 7) is 6.07. The predicted octanol–water partition coefficient (Wildman–Crippen LogP) is 3.18. The molecule has 0 aliphatic heterocycles. The Balaban J connectivity index is 2.00. The van der Waals surface area contributed by atoms with E-state index in [0.717, 1.165) is 12.8 Å². The number of carbonyl (C=O) groups excluding carboxylic acids is 2. The first-order valence-electron chi connectivity index (χ1n) is 7.18. The Labute approximate surface area is 132 Å². The molecule has 1 aromatic rings. The van der Waals surface area contributed by atoms with Gasteiger partial charge in [-0.15, -0.1) is 0 Å². The molecule has 0 unspecified atom stereocenters. The molecule has 21 heavy (non-hydrogen) atoms. The molecule has 2 aliphatic rings. The van der Waals surface area contributed by atoms with Crippen LogP contribution in [-0.2, 0) is 9.59 Å². The summed E-state index contributed by atoms with van der Waals surface area (Å²) in [6.07, 6.45) is 3.12. The fraction of sp³-hybridized carbons (Fsp3) is 0.562. The normalized spacial score (nSPS) is 36.8. The SMILES string of the molecule is CC1(C)[C@]2(C(=O)Nc3ccccn3)CC[C@]1(C)C(=O)[C@H]2Br. The molecule has 2 aliphatic carbocycles. The van der Waals surface area contributed by atoms with Gasteiger partial charge in [0.05, 0.1) is 10.2 Å². The second-order valence-corrected chi connectivity index (χ2v) is 7.74. The van der Waals surface area contributed by atoms with E-state index in [1.165, 1.54) is 0 Å². The summed E-state index contributed by atoms with van der Waals surface area (Å²) in [6, 6.07) is 5.39. The number of pyridine rings is 1. The lowest BCUT2D eigenvalue weighted by atomic mass is 9.64. The van der Waals surface area contributed by atoms with Crippen molar-refractivity contribution in [2.75, 3.05) is 5.32 Å². The highest BCUT2D eigenvalue weighted by atomic mass is 79.9. The number of aromatic nitrogens is 1. The number of nitrogens with one attached hydrogen (secondary N) is 1. The van der Waals surface area contributed by atoms with Crippen molar-refractivity contribution in [2.24, 2.45) is 16.2 Å². The molecule has 1 heterocycles. The van der Waals surface area contributed by atoms with Crippen molar-refractivity contribution in [3.63, 3.8) is 0 Å². The van der Waals surface area contributed by atoms with Gasteiger partial charge in [0.2, 0.25) is 5.91 Å². The number of ketones is 1. The summed E-state index contributed by atoms with van der Waals surface area (Å²) in [7, 11) is 0. The summed E-state index contributed by atoms with van der Waals surface area (Å²) in [4.78, 5) is 29.3. The zero-order valence-electron chi connectivity index (χ0n) is 12.4. The quantitative estimate of drug-likeness (QED) is 0.833. The molecule has 5 heteroatoms. The largest absolute Gasteiger partial charge is 0.310 e. The van der Waals surface area contributed by atoms with E-state index in [2.05, 4.69) is 26.2 Å². The van der Waals surface area contributed by atoms with Crippen LogP contribution >= 0.6 is 15.9 Å². The van der Waals surface area contributed by atoms with Crippen molar-refractivity contribution in [1.82, 2.24) is 4.98 Å². The molecule has 0 radical (unpaired) electrons. The van der Waals surface area contributed by atoms with E-state index in [4.69, 9.17) is 0 Å². The molecule has 3 atom stereocenters. The number of fused-ring (bicyclic) bond motifs is 2. The number of hydrogen-bond acceptors (Lipinski definition) is 3. The standard InChI is InChI=1S/C16H19BrN2O2/c1-14(2)15(3)7-8-16(14,11(17)12(15)20)13(21)19-10-6-4-5-9-18-10/h4-6,9,11H,7-8H2,1-3H3,(H,18,19,21)/t11-,15-,16-/m1/s1. The smallest absolute Gasteiger partial charge is 0.233 e. The van der Waals surface area contributed by atoms with Crippen LogP contribution in [0.4, 0.5) is 5.82 Å². The van der Waals surface area contributed by atoms with E-state index < -0.39 is 15.7 Å². The van der Waals surface area contributed by atoms with E-state index in [9.17, 15) is 9.59 Å². The number of nitrogens with zero attached hydrogens (tertiary/aromatic N) is 1. The Hall–Kier alpha value is -1.23. The molecule has 3 rings (SSSR count). The van der Waals surface area contributed by atoms with E-state index in [1.807, 2.05) is 26.8 Å². The third kappa shape index (κ3) is 1.58. The highest BCUT2D eigenvalue weighted by Gasteiger charge is 2.76. The second kappa shape index (κ2) is 4.38. The predicted molar refractivity (Wildman–Crippen MR) is 84.1 cm³/mol. The van der Waals surface area contributed by atoms with Gasteiger partial charge in [-0.3, -0.25) is 9.59 Å². The van der Waals surface area contributed by atoms with Crippen LogP contribution in [0.5, 0.6) is 0 Å². The summed E-state index contributed by atoms with van der Waals surface area (Å²) in [5, 5.41) is 2.89. The molecule has 2 saturated carbocycles. The fourth-order valence-corrected chi connectivity index (χ4v) is 5.63. The van der Waals surface area contributed by atoms with E-state index >= 15 is 0 Å². The molecule has 4 nitrogen and oxygen atoms in total. The molecule has 1 N–H and O–H groups in total. The molecule has 2 fully saturated rings. The highest BCUT2D eigenvalue weighted by molar-refractivity contribution is 9.10. The van der Waals surface area contributed by atoms with E-state index in [1.54, 1.807) is 18.3 Å². The van der Waals surface area contributed by atoms with Gasteiger partial charge in [-0.25, -0.2) is 4.98 Å². The Morgan fingerprint density at radius 1 is 1.33 bits per heavy atom. The summed E-state index contributed by atoms with van der Waals surface area (Å²) < 4.78 is 0. The number of amides is 1. The number of Topliss-reactive ketones (excluding diaryl/α,β-unsaturated/α-hetero) is 1. The van der Waals surface area contributed by atoms with Crippen molar-refractivity contribution < 1.29 is 9.59 Å². The van der Waals surface area contributed by atoms with Gasteiger partial charge in [0, 0.05) is 11.6 Å². The van der Waals surface area contributed by atoms with Crippen molar-refractivity contribution in [3.05, 3.63) is 24.4 Å². The Morgan fingerprint density at radius 3 is 2.57 bits per heavy atom. The summed E-state index contributed by atoms with van der Waals surface area (Å²) in [5.74, 6) is 0.567.